The van der Waals surface area contributed by atoms with E-state index in [2.05, 4.69) is 0 Å². The van der Waals surface area contributed by atoms with E-state index in [1.54, 1.807) is 0 Å². The molecule has 1 aromatic rings. The van der Waals surface area contributed by atoms with E-state index in [0.29, 0.717) is 12.1 Å². The van der Waals surface area contributed by atoms with E-state index in [1.807, 2.05) is 0 Å². The van der Waals surface area contributed by atoms with E-state index >= 15 is 0 Å². The summed E-state index contributed by atoms with van der Waals surface area (Å²) in [7, 11) is 0. The summed E-state index contributed by atoms with van der Waals surface area (Å²) >= 11 is 0. The average molecular weight is 329 g/mol. The van der Waals surface area contributed by atoms with Crippen LogP contribution >= 0.6 is 0 Å². The number of rotatable bonds is 5. The smallest absolute Gasteiger partial charge is 0.471 e. The van der Waals surface area contributed by atoms with Crippen molar-refractivity contribution in [2.45, 2.75) is 12.6 Å². The first-order valence-electron chi connectivity index (χ1n) is 5.73. The monoisotopic (exact) mass is 329 g/mol. The molecule has 22 heavy (non-hydrogen) atoms. The third-order valence-electron chi connectivity index (χ3n) is 2.64. The molecule has 0 aliphatic heterocycles. The van der Waals surface area contributed by atoms with Gasteiger partial charge in [-0.25, -0.2) is 13.2 Å². The van der Waals surface area contributed by atoms with Gasteiger partial charge in [0.1, 0.15) is 0 Å². The van der Waals surface area contributed by atoms with E-state index in [1.165, 1.54) is 5.32 Å². The molecular formula is C12H9F6NO3. The van der Waals surface area contributed by atoms with Gasteiger partial charge in [-0.15, -0.1) is 0 Å². The Balaban J connectivity index is 2.81. The van der Waals surface area contributed by atoms with Crippen molar-refractivity contribution in [1.29, 1.82) is 0 Å². The molecule has 10 heteroatoms. The first-order valence-corrected chi connectivity index (χ1v) is 5.73. The van der Waals surface area contributed by atoms with Crippen molar-refractivity contribution in [2.24, 2.45) is 5.92 Å². The Morgan fingerprint density at radius 3 is 2.05 bits per heavy atom. The fraction of sp³-hybridized carbons (Fsp3) is 0.333. The number of carbonyl (C=O) groups excluding carboxylic acids is 1. The van der Waals surface area contributed by atoms with Crippen LogP contribution in [0, 0.1) is 23.4 Å². The van der Waals surface area contributed by atoms with E-state index < -0.39 is 54.4 Å². The first kappa shape index (κ1) is 17.8. The van der Waals surface area contributed by atoms with Gasteiger partial charge in [0.2, 0.25) is 0 Å². The molecule has 1 rings (SSSR count). The Labute approximate surface area is 119 Å². The molecule has 0 aromatic heterocycles. The van der Waals surface area contributed by atoms with Crippen LogP contribution in [0.4, 0.5) is 26.3 Å². The Morgan fingerprint density at radius 2 is 1.64 bits per heavy atom. The van der Waals surface area contributed by atoms with E-state index in [-0.39, 0.29) is 5.56 Å². The van der Waals surface area contributed by atoms with Gasteiger partial charge in [-0.2, -0.15) is 13.2 Å². The lowest BCUT2D eigenvalue weighted by Crippen LogP contribution is -2.41. The minimum absolute atomic E-state index is 0.273. The van der Waals surface area contributed by atoms with Crippen LogP contribution in [0.5, 0.6) is 0 Å². The number of carbonyl (C=O) groups is 2. The van der Waals surface area contributed by atoms with Crippen LogP contribution in [0.1, 0.15) is 5.56 Å². The lowest BCUT2D eigenvalue weighted by atomic mass is 9.99. The quantitative estimate of drug-likeness (QED) is 0.642. The number of carboxylic acid groups (broad SMARTS) is 1. The second-order valence-electron chi connectivity index (χ2n) is 4.32. The zero-order chi connectivity index (χ0) is 17.1. The van der Waals surface area contributed by atoms with Crippen LogP contribution in [0.3, 0.4) is 0 Å². The third-order valence-corrected chi connectivity index (χ3v) is 2.64. The van der Waals surface area contributed by atoms with E-state index in [9.17, 15) is 35.9 Å². The molecule has 0 heterocycles. The number of benzene rings is 1. The predicted octanol–water partition coefficient (Wildman–Crippen LogP) is 2.03. The molecular weight excluding hydrogens is 320 g/mol. The molecule has 122 valence electrons. The number of nitrogens with one attached hydrogen (secondary N) is 1. The van der Waals surface area contributed by atoms with Gasteiger partial charge in [0.05, 0.1) is 5.92 Å². The van der Waals surface area contributed by atoms with Crippen molar-refractivity contribution in [3.05, 3.63) is 35.1 Å². The van der Waals surface area contributed by atoms with Crippen LogP contribution in [0.15, 0.2) is 12.1 Å². The molecule has 0 bridgehead atoms. The zero-order valence-electron chi connectivity index (χ0n) is 10.7. The van der Waals surface area contributed by atoms with Crippen LogP contribution in [0.25, 0.3) is 0 Å². The standard InChI is InChI=1S/C12H9F6NO3/c13-7-2-5(3-8(14)9(7)15)1-6(10(20)21)4-19-11(22)12(16,17)18/h2-3,6H,1,4H2,(H,19,22)(H,20,21). The van der Waals surface area contributed by atoms with Crippen molar-refractivity contribution < 1.29 is 41.0 Å². The van der Waals surface area contributed by atoms with Crippen molar-refractivity contribution in [3.63, 3.8) is 0 Å². The van der Waals surface area contributed by atoms with Crippen LogP contribution < -0.4 is 5.32 Å². The third kappa shape index (κ3) is 4.64. The molecule has 0 radical (unpaired) electrons. The summed E-state index contributed by atoms with van der Waals surface area (Å²) in [6.45, 7) is -0.908. The van der Waals surface area contributed by atoms with E-state index in [0.717, 1.165) is 0 Å². The molecule has 2 N–H and O–H groups in total. The van der Waals surface area contributed by atoms with Crippen LogP contribution in [-0.4, -0.2) is 29.7 Å². The van der Waals surface area contributed by atoms with Gasteiger partial charge in [-0.1, -0.05) is 0 Å². The van der Waals surface area contributed by atoms with Gasteiger partial charge in [-0.3, -0.25) is 9.59 Å². The Hall–Kier alpha value is -2.26. The number of hydrogen-bond acceptors (Lipinski definition) is 2. The zero-order valence-corrected chi connectivity index (χ0v) is 10.7. The summed E-state index contributed by atoms with van der Waals surface area (Å²) in [5.74, 6) is -10.4. The summed E-state index contributed by atoms with van der Waals surface area (Å²) < 4.78 is 74.6. The van der Waals surface area contributed by atoms with Crippen molar-refractivity contribution >= 4 is 11.9 Å². The van der Waals surface area contributed by atoms with E-state index in [4.69, 9.17) is 5.11 Å². The normalized spacial score (nSPS) is 12.8. The summed E-state index contributed by atoms with van der Waals surface area (Å²) in [6.07, 6.45) is -5.78. The Morgan fingerprint density at radius 1 is 1.14 bits per heavy atom. The lowest BCUT2D eigenvalue weighted by molar-refractivity contribution is -0.174. The molecule has 1 atom stereocenters. The highest BCUT2D eigenvalue weighted by atomic mass is 19.4. The molecule has 0 saturated heterocycles. The number of alkyl halides is 3. The van der Waals surface area contributed by atoms with Crippen LogP contribution in [-0.2, 0) is 16.0 Å². The number of carboxylic acids is 1. The fourth-order valence-electron chi connectivity index (χ4n) is 1.57. The fourth-order valence-corrected chi connectivity index (χ4v) is 1.57. The maximum atomic E-state index is 13.0. The SMILES string of the molecule is O=C(O)C(CNC(=O)C(F)(F)F)Cc1cc(F)c(F)c(F)c1. The van der Waals surface area contributed by atoms with Crippen molar-refractivity contribution in [1.82, 2.24) is 5.32 Å². The summed E-state index contributed by atoms with van der Waals surface area (Å²) in [4.78, 5) is 21.5. The van der Waals surface area contributed by atoms with Crippen molar-refractivity contribution in [2.75, 3.05) is 6.54 Å². The topological polar surface area (TPSA) is 66.4 Å². The van der Waals surface area contributed by atoms with Crippen molar-refractivity contribution in [3.8, 4) is 0 Å². The van der Waals surface area contributed by atoms with Gasteiger partial charge in [0.15, 0.2) is 17.5 Å². The molecule has 0 fully saturated rings. The average Bonchev–Trinajstić information content (AvgIpc) is 2.38. The number of halogens is 6. The van der Waals surface area contributed by atoms with Crippen LogP contribution in [0.2, 0.25) is 0 Å². The minimum atomic E-state index is -5.18. The summed E-state index contributed by atoms with van der Waals surface area (Å²) in [5, 5.41) is 10.2. The molecule has 4 nitrogen and oxygen atoms in total. The molecule has 1 unspecified atom stereocenters. The maximum Gasteiger partial charge on any atom is 0.471 e. The first-order chi connectivity index (χ1) is 10.0. The van der Waals surface area contributed by atoms with Gasteiger partial charge in [-0.05, 0) is 24.1 Å². The maximum absolute atomic E-state index is 13.0. The predicted molar refractivity (Wildman–Crippen MR) is 60.2 cm³/mol. The Kier molecular flexibility index (Phi) is 5.39. The second-order valence-corrected chi connectivity index (χ2v) is 4.32. The lowest BCUT2D eigenvalue weighted by Gasteiger charge is -2.14. The highest BCUT2D eigenvalue weighted by molar-refractivity contribution is 5.82. The molecule has 1 amide bonds. The van der Waals surface area contributed by atoms with Gasteiger partial charge in [0.25, 0.3) is 0 Å². The number of aliphatic carboxylic acids is 1. The van der Waals surface area contributed by atoms with Gasteiger partial charge >= 0.3 is 18.1 Å². The number of amides is 1. The highest BCUT2D eigenvalue weighted by Crippen LogP contribution is 2.18. The summed E-state index contributed by atoms with van der Waals surface area (Å²) in [5.41, 5.74) is -0.273. The van der Waals surface area contributed by atoms with Gasteiger partial charge < -0.3 is 10.4 Å². The molecule has 0 aliphatic rings. The molecule has 1 aromatic carbocycles. The second kappa shape index (κ2) is 6.67. The summed E-state index contributed by atoms with van der Waals surface area (Å²) in [6, 6.07) is 1.06. The largest absolute Gasteiger partial charge is 0.481 e. The van der Waals surface area contributed by atoms with Gasteiger partial charge in [0, 0.05) is 6.54 Å². The Bertz CT molecular complexity index is 564. The number of hydrogen-bond donors (Lipinski definition) is 2. The minimum Gasteiger partial charge on any atom is -0.481 e. The molecule has 0 spiro atoms. The highest BCUT2D eigenvalue weighted by Gasteiger charge is 2.39. The molecule has 0 aliphatic carbocycles. The molecule has 0 saturated carbocycles.